The number of anilines is 3. The predicted molar refractivity (Wildman–Crippen MR) is 140 cm³/mol. The summed E-state index contributed by atoms with van der Waals surface area (Å²) in [7, 11) is 1.68. The van der Waals surface area contributed by atoms with Crippen LogP contribution in [0.3, 0.4) is 0 Å². The van der Waals surface area contributed by atoms with Crippen molar-refractivity contribution in [3.05, 3.63) is 45.3 Å². The zero-order valence-electron chi connectivity index (χ0n) is 21.1. The fourth-order valence-corrected chi connectivity index (χ4v) is 4.74. The van der Waals surface area contributed by atoms with Gasteiger partial charge >= 0.3 is 5.69 Å². The largest absolute Gasteiger partial charge is 0.390 e. The van der Waals surface area contributed by atoms with E-state index in [0.717, 1.165) is 0 Å². The van der Waals surface area contributed by atoms with Crippen LogP contribution in [0.5, 0.6) is 0 Å². The van der Waals surface area contributed by atoms with Crippen molar-refractivity contribution in [1.82, 2.24) is 14.1 Å². The van der Waals surface area contributed by atoms with Crippen molar-refractivity contribution in [1.29, 1.82) is 5.26 Å². The quantitative estimate of drug-likeness (QED) is 0.442. The monoisotopic (exact) mass is 533 g/mol. The van der Waals surface area contributed by atoms with Crippen LogP contribution < -0.4 is 21.6 Å². The molecule has 1 aromatic carbocycles. The van der Waals surface area contributed by atoms with Crippen molar-refractivity contribution < 1.29 is 13.9 Å². The molecule has 3 heterocycles. The summed E-state index contributed by atoms with van der Waals surface area (Å²) in [4.78, 5) is 18.9. The van der Waals surface area contributed by atoms with Crippen LogP contribution in [0.1, 0.15) is 32.8 Å². The molecule has 0 saturated carbocycles. The van der Waals surface area contributed by atoms with Crippen LogP contribution in [-0.4, -0.2) is 49.9 Å². The molecule has 37 heavy (non-hydrogen) atoms. The number of aromatic nitrogens is 3. The molecule has 4 rings (SSSR count). The van der Waals surface area contributed by atoms with E-state index in [1.807, 2.05) is 6.07 Å². The Morgan fingerprint density at radius 1 is 1.32 bits per heavy atom. The first-order valence-corrected chi connectivity index (χ1v) is 12.3. The number of hydrogen-bond acceptors (Lipinski definition) is 7. The number of imidazole rings is 1. The van der Waals surface area contributed by atoms with E-state index in [2.05, 4.69) is 10.3 Å². The molecule has 0 radical (unpaired) electrons. The molecule has 12 heteroatoms. The first-order valence-electron chi connectivity index (χ1n) is 11.9. The van der Waals surface area contributed by atoms with E-state index in [-0.39, 0.29) is 41.0 Å². The summed E-state index contributed by atoms with van der Waals surface area (Å²) >= 11 is 6.42. The van der Waals surface area contributed by atoms with Crippen LogP contribution in [0.2, 0.25) is 5.02 Å². The summed E-state index contributed by atoms with van der Waals surface area (Å²) in [6, 6.07) is 7.39. The molecule has 0 spiro atoms. The molecule has 1 fully saturated rings. The van der Waals surface area contributed by atoms with Gasteiger partial charge in [0, 0.05) is 38.3 Å². The molecule has 4 N–H and O–H groups in total. The lowest BCUT2D eigenvalue weighted by Crippen LogP contribution is -2.60. The number of pyridine rings is 1. The summed E-state index contributed by atoms with van der Waals surface area (Å²) in [5.41, 5.74) is 6.71. The summed E-state index contributed by atoms with van der Waals surface area (Å²) in [5.74, 6) is -3.61. The van der Waals surface area contributed by atoms with Gasteiger partial charge in [-0.1, -0.05) is 18.5 Å². The molecule has 0 amide bonds. The van der Waals surface area contributed by atoms with Gasteiger partial charge in [-0.05, 0) is 44.5 Å². The number of aryl methyl sites for hydroxylation is 2. The number of nitriles is 1. The van der Waals surface area contributed by atoms with Gasteiger partial charge in [0.25, 0.3) is 5.92 Å². The number of fused-ring (bicyclic) bond motifs is 1. The Hall–Kier alpha value is -3.20. The number of nitrogens with two attached hydrogens (primary N) is 1. The number of piperidine rings is 1. The number of nitrogens with zero attached hydrogens (tertiary/aromatic N) is 5. The van der Waals surface area contributed by atoms with E-state index in [0.29, 0.717) is 29.7 Å². The Morgan fingerprint density at radius 3 is 2.65 bits per heavy atom. The van der Waals surface area contributed by atoms with Crippen LogP contribution in [0, 0.1) is 17.2 Å². The van der Waals surface area contributed by atoms with Crippen molar-refractivity contribution in [2.75, 3.05) is 23.3 Å². The van der Waals surface area contributed by atoms with Crippen molar-refractivity contribution in [3.8, 4) is 6.07 Å². The lowest BCUT2D eigenvalue weighted by molar-refractivity contribution is -0.0807. The zero-order chi connectivity index (χ0) is 27.3. The predicted octanol–water partition coefficient (Wildman–Crippen LogP) is 3.58. The highest BCUT2D eigenvalue weighted by Crippen LogP contribution is 2.37. The lowest BCUT2D eigenvalue weighted by Gasteiger charge is -2.41. The molecule has 1 aliphatic heterocycles. The van der Waals surface area contributed by atoms with Gasteiger partial charge in [-0.15, -0.1) is 0 Å². The second-order valence-electron chi connectivity index (χ2n) is 10.3. The highest BCUT2D eigenvalue weighted by molar-refractivity contribution is 6.33. The highest BCUT2D eigenvalue weighted by atomic mass is 35.5. The second kappa shape index (κ2) is 9.59. The van der Waals surface area contributed by atoms with Gasteiger partial charge in [-0.2, -0.15) is 5.26 Å². The van der Waals surface area contributed by atoms with Crippen molar-refractivity contribution in [2.24, 2.45) is 18.7 Å². The van der Waals surface area contributed by atoms with Crippen LogP contribution in [0.4, 0.5) is 26.1 Å². The number of rotatable bonds is 6. The van der Waals surface area contributed by atoms with Crippen molar-refractivity contribution in [2.45, 2.75) is 51.3 Å². The number of nitrogens with one attached hydrogen (secondary N) is 1. The van der Waals surface area contributed by atoms with E-state index in [1.54, 1.807) is 48.6 Å². The third-order valence-corrected chi connectivity index (χ3v) is 7.08. The normalized spacial score (nSPS) is 19.7. The third-order valence-electron chi connectivity index (χ3n) is 6.79. The molecule has 9 nitrogen and oxygen atoms in total. The average Bonchev–Trinajstić information content (AvgIpc) is 3.05. The number of benzene rings is 1. The fraction of sp³-hybridized carbons (Fsp3) is 0.480. The van der Waals surface area contributed by atoms with Gasteiger partial charge in [0.2, 0.25) is 0 Å². The number of aliphatic hydroxyl groups is 1. The van der Waals surface area contributed by atoms with Gasteiger partial charge in [-0.25, -0.2) is 18.6 Å². The first kappa shape index (κ1) is 26.9. The molecule has 2 aromatic heterocycles. The van der Waals surface area contributed by atoms with Gasteiger partial charge in [0.1, 0.15) is 11.9 Å². The van der Waals surface area contributed by atoms with E-state index >= 15 is 0 Å². The van der Waals surface area contributed by atoms with E-state index in [1.165, 1.54) is 17.6 Å². The minimum atomic E-state index is -3.02. The molecule has 0 bridgehead atoms. The zero-order valence-corrected chi connectivity index (χ0v) is 21.9. The third kappa shape index (κ3) is 5.14. The maximum atomic E-state index is 14.3. The van der Waals surface area contributed by atoms with Crippen LogP contribution in [-0.2, 0) is 13.6 Å². The number of halogens is 3. The topological polar surface area (TPSA) is 125 Å². The van der Waals surface area contributed by atoms with Crippen LogP contribution >= 0.6 is 11.6 Å². The standard InChI is InChI=1S/C25H30ClF2N7O2/c1-14-12-34(13-20(30)25(14,27)28)22-15(11-29)9-17(26)21(32-22)31-16-5-6-18-19(10-16)35(23(36)33(18)4)8-7-24(2,3)37/h5-6,9-10,14,20,37H,7-8,12-13,30H2,1-4H3,(H,31,32)/t14-,20+/m1/s1. The molecule has 0 unspecified atom stereocenters. The highest BCUT2D eigenvalue weighted by Gasteiger charge is 2.48. The SMILES string of the molecule is C[C@@H]1CN(c2nc(Nc3ccc4c(c3)n(CCC(C)(C)O)c(=O)n4C)c(Cl)cc2C#N)C[C@H](N)C1(F)F. The maximum Gasteiger partial charge on any atom is 0.328 e. The molecule has 1 aliphatic rings. The molecule has 2 atom stereocenters. The molecule has 198 valence electrons. The average molecular weight is 534 g/mol. The molecular formula is C25H30ClF2N7O2. The molecule has 3 aromatic rings. The smallest absolute Gasteiger partial charge is 0.328 e. The Bertz CT molecular complexity index is 1420. The van der Waals surface area contributed by atoms with E-state index < -0.39 is 23.5 Å². The Labute approximate surface area is 218 Å². The fourth-order valence-electron chi connectivity index (χ4n) is 4.54. The molecular weight excluding hydrogens is 504 g/mol. The Kier molecular flexibility index (Phi) is 6.96. The van der Waals surface area contributed by atoms with Gasteiger partial charge in [0.05, 0.1) is 33.3 Å². The van der Waals surface area contributed by atoms with E-state index in [9.17, 15) is 23.9 Å². The summed E-state index contributed by atoms with van der Waals surface area (Å²) < 4.78 is 31.7. The first-order chi connectivity index (χ1) is 17.2. The summed E-state index contributed by atoms with van der Waals surface area (Å²) in [5, 5.41) is 23.1. The van der Waals surface area contributed by atoms with E-state index in [4.69, 9.17) is 17.3 Å². The minimum absolute atomic E-state index is 0.0209. The second-order valence-corrected chi connectivity index (χ2v) is 10.7. The Balaban J connectivity index is 1.70. The van der Waals surface area contributed by atoms with Crippen LogP contribution in [0.25, 0.3) is 11.0 Å². The summed E-state index contributed by atoms with van der Waals surface area (Å²) in [6.07, 6.45) is 0.380. The minimum Gasteiger partial charge on any atom is -0.390 e. The Morgan fingerprint density at radius 2 is 2.03 bits per heavy atom. The van der Waals surface area contributed by atoms with Crippen molar-refractivity contribution in [3.63, 3.8) is 0 Å². The molecule has 1 saturated heterocycles. The molecule has 0 aliphatic carbocycles. The van der Waals surface area contributed by atoms with Crippen molar-refractivity contribution >= 4 is 40.0 Å². The van der Waals surface area contributed by atoms with Gasteiger partial charge < -0.3 is 21.1 Å². The lowest BCUT2D eigenvalue weighted by atomic mass is 9.91. The summed E-state index contributed by atoms with van der Waals surface area (Å²) in [6.45, 7) is 4.92. The number of hydrogen-bond donors (Lipinski definition) is 3. The van der Waals surface area contributed by atoms with Gasteiger partial charge in [-0.3, -0.25) is 9.13 Å². The van der Waals surface area contributed by atoms with Gasteiger partial charge in [0.15, 0.2) is 5.82 Å². The maximum absolute atomic E-state index is 14.3. The number of alkyl halides is 2. The van der Waals surface area contributed by atoms with Crippen LogP contribution in [0.15, 0.2) is 29.1 Å².